The summed E-state index contributed by atoms with van der Waals surface area (Å²) in [5.74, 6) is 0.246. The fourth-order valence-electron chi connectivity index (χ4n) is 4.55. The van der Waals surface area contributed by atoms with Crippen molar-refractivity contribution in [2.75, 3.05) is 31.1 Å². The summed E-state index contributed by atoms with van der Waals surface area (Å²) < 4.78 is 1.80. The summed E-state index contributed by atoms with van der Waals surface area (Å²) in [6.07, 6.45) is 1.86. The normalized spacial score (nSPS) is 13.8. The van der Waals surface area contributed by atoms with Gasteiger partial charge in [-0.15, -0.1) is 0 Å². The van der Waals surface area contributed by atoms with E-state index in [2.05, 4.69) is 36.9 Å². The largest absolute Gasteiger partial charge is 0.508 e. The molecule has 5 rings (SSSR count). The average Bonchev–Trinajstić information content (AvgIpc) is 3.29. The fraction of sp³-hybridized carbons (Fsp3) is 0.214. The van der Waals surface area contributed by atoms with Gasteiger partial charge < -0.3 is 14.9 Å². The number of hydrogen-bond acceptors (Lipinski definition) is 4. The van der Waals surface area contributed by atoms with Gasteiger partial charge in [-0.3, -0.25) is 4.79 Å². The lowest BCUT2D eigenvalue weighted by molar-refractivity contribution is 0.0747. The molecule has 0 radical (unpaired) electrons. The van der Waals surface area contributed by atoms with Gasteiger partial charge in [-0.2, -0.15) is 5.10 Å². The molecule has 6 nitrogen and oxygen atoms in total. The number of phenols is 1. The highest BCUT2D eigenvalue weighted by atomic mass is 16.3. The highest BCUT2D eigenvalue weighted by molar-refractivity contribution is 6.00. The Morgan fingerprint density at radius 2 is 1.59 bits per heavy atom. The third-order valence-electron chi connectivity index (χ3n) is 6.36. The summed E-state index contributed by atoms with van der Waals surface area (Å²) in [5, 5.41) is 14.7. The van der Waals surface area contributed by atoms with E-state index in [4.69, 9.17) is 5.10 Å². The van der Waals surface area contributed by atoms with Gasteiger partial charge in [0.1, 0.15) is 11.4 Å². The Bertz CT molecular complexity index is 1320. The molecule has 0 spiro atoms. The van der Waals surface area contributed by atoms with E-state index in [-0.39, 0.29) is 11.7 Å². The van der Waals surface area contributed by atoms with Gasteiger partial charge in [-0.1, -0.05) is 48.0 Å². The quantitative estimate of drug-likeness (QED) is 0.482. The number of aromatic hydroxyl groups is 1. The summed E-state index contributed by atoms with van der Waals surface area (Å²) in [5.41, 5.74) is 6.47. The van der Waals surface area contributed by atoms with Crippen molar-refractivity contribution in [3.8, 4) is 22.7 Å². The van der Waals surface area contributed by atoms with Crippen LogP contribution in [0, 0.1) is 13.8 Å². The summed E-state index contributed by atoms with van der Waals surface area (Å²) >= 11 is 0. The number of piperazine rings is 1. The molecule has 1 aromatic heterocycles. The zero-order valence-corrected chi connectivity index (χ0v) is 19.5. The Morgan fingerprint density at radius 3 is 2.29 bits per heavy atom. The lowest BCUT2D eigenvalue weighted by atomic mass is 10.00. The molecule has 1 saturated heterocycles. The molecule has 0 atom stereocenters. The van der Waals surface area contributed by atoms with Crippen molar-refractivity contribution in [2.24, 2.45) is 0 Å². The molecule has 1 amide bonds. The molecule has 1 fully saturated rings. The molecule has 1 aliphatic rings. The van der Waals surface area contributed by atoms with Crippen LogP contribution in [0.5, 0.6) is 5.75 Å². The number of hydrogen-bond donors (Lipinski definition) is 1. The Kier molecular flexibility index (Phi) is 5.80. The maximum atomic E-state index is 13.7. The molecule has 2 heterocycles. The lowest BCUT2D eigenvalue weighted by Gasteiger charge is -2.36. The van der Waals surface area contributed by atoms with E-state index >= 15 is 0 Å². The average molecular weight is 453 g/mol. The van der Waals surface area contributed by atoms with Gasteiger partial charge in [-0.25, -0.2) is 4.68 Å². The first-order valence-electron chi connectivity index (χ1n) is 11.6. The minimum atomic E-state index is -0.00675. The van der Waals surface area contributed by atoms with Crippen molar-refractivity contribution in [3.05, 3.63) is 95.7 Å². The molecular weight excluding hydrogens is 424 g/mol. The predicted octanol–water partition coefficient (Wildman–Crippen LogP) is 4.82. The number of benzene rings is 3. The molecule has 3 aromatic carbocycles. The molecule has 0 bridgehead atoms. The number of para-hydroxylation sites is 1. The van der Waals surface area contributed by atoms with E-state index in [9.17, 15) is 9.90 Å². The Balaban J connectivity index is 1.45. The zero-order chi connectivity index (χ0) is 23.7. The number of anilines is 1. The molecule has 0 aliphatic carbocycles. The van der Waals surface area contributed by atoms with Gasteiger partial charge in [-0.05, 0) is 43.7 Å². The second-order valence-electron chi connectivity index (χ2n) is 8.79. The third-order valence-corrected chi connectivity index (χ3v) is 6.36. The van der Waals surface area contributed by atoms with Crippen molar-refractivity contribution in [1.29, 1.82) is 0 Å². The van der Waals surface area contributed by atoms with Crippen molar-refractivity contribution in [1.82, 2.24) is 14.7 Å². The minimum absolute atomic E-state index is 0.00675. The Morgan fingerprint density at radius 1 is 0.853 bits per heavy atom. The van der Waals surface area contributed by atoms with Gasteiger partial charge in [0.15, 0.2) is 0 Å². The molecule has 1 N–H and O–H groups in total. The highest BCUT2D eigenvalue weighted by Crippen LogP contribution is 2.29. The van der Waals surface area contributed by atoms with E-state index in [1.807, 2.05) is 53.6 Å². The summed E-state index contributed by atoms with van der Waals surface area (Å²) in [4.78, 5) is 17.8. The molecule has 34 heavy (non-hydrogen) atoms. The number of carbonyl (C=O) groups is 1. The standard InChI is InChI=1S/C28H28N4O2/c1-20-11-12-25(21(2)17-20)27-26(19-32(29-27)22-7-4-3-5-8-22)28(34)31-15-13-30(14-16-31)23-9-6-10-24(33)18-23/h3-12,17-19,33H,13-16H2,1-2H3. The maximum absolute atomic E-state index is 13.7. The van der Waals surface area contributed by atoms with Crippen LogP contribution in [-0.2, 0) is 0 Å². The summed E-state index contributed by atoms with van der Waals surface area (Å²) in [6, 6.07) is 23.4. The second kappa shape index (κ2) is 9.06. The maximum Gasteiger partial charge on any atom is 0.257 e. The minimum Gasteiger partial charge on any atom is -0.508 e. The first-order chi connectivity index (χ1) is 16.5. The predicted molar refractivity (Wildman–Crippen MR) is 135 cm³/mol. The van der Waals surface area contributed by atoms with Crippen LogP contribution < -0.4 is 4.90 Å². The van der Waals surface area contributed by atoms with Crippen molar-refractivity contribution in [2.45, 2.75) is 13.8 Å². The van der Waals surface area contributed by atoms with Crippen LogP contribution in [-0.4, -0.2) is 51.9 Å². The lowest BCUT2D eigenvalue weighted by Crippen LogP contribution is -2.48. The smallest absolute Gasteiger partial charge is 0.257 e. The number of amides is 1. The molecule has 0 unspecified atom stereocenters. The van der Waals surface area contributed by atoms with Crippen molar-refractivity contribution < 1.29 is 9.90 Å². The zero-order valence-electron chi connectivity index (χ0n) is 19.5. The monoisotopic (exact) mass is 452 g/mol. The molecule has 6 heteroatoms. The second-order valence-corrected chi connectivity index (χ2v) is 8.79. The van der Waals surface area contributed by atoms with E-state index < -0.39 is 0 Å². The van der Waals surface area contributed by atoms with Gasteiger partial charge in [0.05, 0.1) is 11.3 Å². The van der Waals surface area contributed by atoms with E-state index in [0.717, 1.165) is 22.5 Å². The summed E-state index contributed by atoms with van der Waals surface area (Å²) in [6.45, 7) is 6.76. The van der Waals surface area contributed by atoms with Crippen LogP contribution >= 0.6 is 0 Å². The van der Waals surface area contributed by atoms with Crippen LogP contribution in [0.15, 0.2) is 79.0 Å². The molecule has 0 saturated carbocycles. The van der Waals surface area contributed by atoms with E-state index in [1.165, 1.54) is 5.56 Å². The van der Waals surface area contributed by atoms with Crippen molar-refractivity contribution in [3.63, 3.8) is 0 Å². The van der Waals surface area contributed by atoms with Gasteiger partial charge >= 0.3 is 0 Å². The fourth-order valence-corrected chi connectivity index (χ4v) is 4.55. The molecular formula is C28H28N4O2. The number of aromatic nitrogens is 2. The van der Waals surface area contributed by atoms with Gasteiger partial charge in [0.25, 0.3) is 5.91 Å². The van der Waals surface area contributed by atoms with Crippen molar-refractivity contribution >= 4 is 11.6 Å². The Labute approximate surface area is 199 Å². The first kappa shape index (κ1) is 21.8. The summed E-state index contributed by atoms with van der Waals surface area (Å²) in [7, 11) is 0. The highest BCUT2D eigenvalue weighted by Gasteiger charge is 2.27. The molecule has 1 aliphatic heterocycles. The third kappa shape index (κ3) is 4.27. The van der Waals surface area contributed by atoms with E-state index in [0.29, 0.717) is 37.4 Å². The number of rotatable bonds is 4. The van der Waals surface area contributed by atoms with Crippen LogP contribution in [0.2, 0.25) is 0 Å². The van der Waals surface area contributed by atoms with Crippen LogP contribution in [0.25, 0.3) is 16.9 Å². The van der Waals surface area contributed by atoms with Gasteiger partial charge in [0, 0.05) is 49.7 Å². The SMILES string of the molecule is Cc1ccc(-c2nn(-c3ccccc3)cc2C(=O)N2CCN(c3cccc(O)c3)CC2)c(C)c1. The van der Waals surface area contributed by atoms with Crippen LogP contribution in [0.4, 0.5) is 5.69 Å². The van der Waals surface area contributed by atoms with Crippen LogP contribution in [0.1, 0.15) is 21.5 Å². The van der Waals surface area contributed by atoms with Gasteiger partial charge in [0.2, 0.25) is 0 Å². The van der Waals surface area contributed by atoms with Crippen LogP contribution in [0.3, 0.4) is 0 Å². The number of aryl methyl sites for hydroxylation is 2. The number of phenolic OH excluding ortho intramolecular Hbond substituents is 1. The topological polar surface area (TPSA) is 61.6 Å². The molecule has 172 valence electrons. The number of nitrogens with zero attached hydrogens (tertiary/aromatic N) is 4. The molecule has 4 aromatic rings. The Hall–Kier alpha value is -4.06. The van der Waals surface area contributed by atoms with E-state index in [1.54, 1.807) is 16.8 Å². The first-order valence-corrected chi connectivity index (χ1v) is 11.6. The number of carbonyl (C=O) groups excluding carboxylic acids is 1.